The Hall–Kier alpha value is -2.43. The second-order valence-electron chi connectivity index (χ2n) is 5.51. The summed E-state index contributed by atoms with van der Waals surface area (Å²) in [6.07, 6.45) is 8.12. The summed E-state index contributed by atoms with van der Waals surface area (Å²) in [4.78, 5) is 15.8. The molecule has 21 heavy (non-hydrogen) atoms. The minimum atomic E-state index is 0.918. The molecule has 0 aliphatic carbocycles. The lowest BCUT2D eigenvalue weighted by Crippen LogP contribution is -2.18. The molecule has 4 rings (SSSR count). The van der Waals surface area contributed by atoms with E-state index in [0.29, 0.717) is 0 Å². The molecule has 5 heteroatoms. The second-order valence-corrected chi connectivity index (χ2v) is 5.51. The van der Waals surface area contributed by atoms with Crippen LogP contribution in [0.1, 0.15) is 12.8 Å². The molecule has 5 nitrogen and oxygen atoms in total. The van der Waals surface area contributed by atoms with Gasteiger partial charge < -0.3 is 9.47 Å². The number of anilines is 1. The predicted molar refractivity (Wildman–Crippen MR) is 83.2 cm³/mol. The summed E-state index contributed by atoms with van der Waals surface area (Å²) in [5, 5.41) is 0. The summed E-state index contributed by atoms with van der Waals surface area (Å²) in [6.45, 7) is 2.23. The van der Waals surface area contributed by atoms with Crippen LogP contribution in [0.25, 0.3) is 22.3 Å². The zero-order valence-corrected chi connectivity index (χ0v) is 12.0. The molecule has 1 saturated heterocycles. The van der Waals surface area contributed by atoms with Gasteiger partial charge in [-0.2, -0.15) is 0 Å². The lowest BCUT2D eigenvalue weighted by molar-refractivity contribution is 0.938. The van der Waals surface area contributed by atoms with Gasteiger partial charge in [-0.25, -0.2) is 9.97 Å². The van der Waals surface area contributed by atoms with E-state index in [0.717, 1.165) is 41.2 Å². The van der Waals surface area contributed by atoms with E-state index in [4.69, 9.17) is 0 Å². The number of fused-ring (bicyclic) bond motifs is 1. The number of hydrogen-bond acceptors (Lipinski definition) is 4. The van der Waals surface area contributed by atoms with Crippen molar-refractivity contribution in [2.45, 2.75) is 12.8 Å². The van der Waals surface area contributed by atoms with E-state index in [2.05, 4.69) is 32.0 Å². The van der Waals surface area contributed by atoms with Gasteiger partial charge in [-0.05, 0) is 31.0 Å². The molecule has 4 heterocycles. The highest BCUT2D eigenvalue weighted by molar-refractivity contribution is 5.79. The molecule has 0 bridgehead atoms. The quantitative estimate of drug-likeness (QED) is 0.723. The molecule has 0 saturated carbocycles. The molecule has 1 fully saturated rings. The van der Waals surface area contributed by atoms with E-state index < -0.39 is 0 Å². The third-order valence-corrected chi connectivity index (χ3v) is 4.09. The minimum Gasteiger partial charge on any atom is -0.357 e. The minimum absolute atomic E-state index is 0.918. The monoisotopic (exact) mass is 279 g/mol. The maximum atomic E-state index is 4.58. The first-order chi connectivity index (χ1) is 10.3. The van der Waals surface area contributed by atoms with E-state index in [-0.39, 0.29) is 0 Å². The Kier molecular flexibility index (Phi) is 2.84. The van der Waals surface area contributed by atoms with E-state index in [1.54, 1.807) is 0 Å². The van der Waals surface area contributed by atoms with E-state index in [1.807, 2.05) is 36.4 Å². The summed E-state index contributed by atoms with van der Waals surface area (Å²) in [6, 6.07) is 6.20. The number of nitrogens with zero attached hydrogens (tertiary/aromatic N) is 5. The Bertz CT molecular complexity index is 769. The van der Waals surface area contributed by atoms with Gasteiger partial charge in [0.05, 0.1) is 29.3 Å². The molecule has 0 amide bonds. The van der Waals surface area contributed by atoms with Crippen LogP contribution in [0.4, 0.5) is 5.82 Å². The molecule has 0 N–H and O–H groups in total. The van der Waals surface area contributed by atoms with Gasteiger partial charge in [0, 0.05) is 31.9 Å². The maximum absolute atomic E-state index is 4.58. The largest absolute Gasteiger partial charge is 0.357 e. The molecule has 3 aromatic heterocycles. The van der Waals surface area contributed by atoms with Crippen LogP contribution in [-0.4, -0.2) is 32.6 Å². The van der Waals surface area contributed by atoms with Crippen LogP contribution in [0.15, 0.2) is 36.9 Å². The number of hydrogen-bond donors (Lipinski definition) is 0. The Balaban J connectivity index is 1.67. The maximum Gasteiger partial charge on any atom is 0.128 e. The third-order valence-electron chi connectivity index (χ3n) is 4.09. The fraction of sp³-hybridized carbons (Fsp3) is 0.312. The van der Waals surface area contributed by atoms with Crippen molar-refractivity contribution in [3.05, 3.63) is 36.9 Å². The first-order valence-corrected chi connectivity index (χ1v) is 7.30. The van der Waals surface area contributed by atoms with E-state index >= 15 is 0 Å². The average molecular weight is 279 g/mol. The summed E-state index contributed by atoms with van der Waals surface area (Å²) in [5.74, 6) is 1.06. The highest BCUT2D eigenvalue weighted by Gasteiger charge is 2.13. The number of aromatic nitrogens is 4. The van der Waals surface area contributed by atoms with Gasteiger partial charge in [-0.3, -0.25) is 4.98 Å². The lowest BCUT2D eigenvalue weighted by Gasteiger charge is -2.16. The molecule has 106 valence electrons. The van der Waals surface area contributed by atoms with Crippen LogP contribution in [0, 0.1) is 0 Å². The van der Waals surface area contributed by atoms with Gasteiger partial charge in [0.2, 0.25) is 0 Å². The Morgan fingerprint density at radius 3 is 2.62 bits per heavy atom. The van der Waals surface area contributed by atoms with E-state index in [1.165, 1.54) is 12.8 Å². The van der Waals surface area contributed by atoms with Crippen molar-refractivity contribution in [1.82, 2.24) is 19.5 Å². The summed E-state index contributed by atoms with van der Waals surface area (Å²) in [7, 11) is 1.98. The van der Waals surface area contributed by atoms with Gasteiger partial charge in [-0.1, -0.05) is 0 Å². The number of pyridine rings is 2. The average Bonchev–Trinajstić information content (AvgIpc) is 3.18. The van der Waals surface area contributed by atoms with Gasteiger partial charge in [0.1, 0.15) is 5.82 Å². The smallest absolute Gasteiger partial charge is 0.128 e. The van der Waals surface area contributed by atoms with Crippen molar-refractivity contribution < 1.29 is 0 Å². The molecular weight excluding hydrogens is 262 g/mol. The first kappa shape index (κ1) is 12.3. The standard InChI is InChI=1S/C16H17N5/c1-20-11-19-14-8-13(17-10-15(14)20)12-4-5-16(18-9-12)21-6-2-3-7-21/h4-5,8-11H,2-3,6-7H2,1H3. The van der Waals surface area contributed by atoms with Crippen molar-refractivity contribution in [2.24, 2.45) is 7.05 Å². The molecule has 0 aromatic carbocycles. The molecule has 3 aromatic rings. The van der Waals surface area contributed by atoms with Crippen LogP contribution < -0.4 is 4.90 Å². The molecular formula is C16H17N5. The van der Waals surface area contributed by atoms with Crippen molar-refractivity contribution in [3.63, 3.8) is 0 Å². The van der Waals surface area contributed by atoms with Crippen LogP contribution in [0.5, 0.6) is 0 Å². The van der Waals surface area contributed by atoms with Crippen LogP contribution in [0.2, 0.25) is 0 Å². The Morgan fingerprint density at radius 2 is 1.86 bits per heavy atom. The highest BCUT2D eigenvalue weighted by Crippen LogP contribution is 2.23. The molecule has 0 spiro atoms. The van der Waals surface area contributed by atoms with Crippen molar-refractivity contribution in [2.75, 3.05) is 18.0 Å². The normalized spacial score (nSPS) is 15.0. The first-order valence-electron chi connectivity index (χ1n) is 7.30. The molecule has 0 radical (unpaired) electrons. The summed E-state index contributed by atoms with van der Waals surface area (Å²) in [5.41, 5.74) is 3.96. The number of imidazole rings is 1. The predicted octanol–water partition coefficient (Wildman–Crippen LogP) is 2.63. The second kappa shape index (κ2) is 4.84. The lowest BCUT2D eigenvalue weighted by atomic mass is 10.2. The summed E-state index contributed by atoms with van der Waals surface area (Å²) < 4.78 is 1.97. The highest BCUT2D eigenvalue weighted by atomic mass is 15.2. The zero-order chi connectivity index (χ0) is 14.2. The van der Waals surface area contributed by atoms with Crippen LogP contribution >= 0.6 is 0 Å². The molecule has 0 atom stereocenters. The van der Waals surface area contributed by atoms with Crippen molar-refractivity contribution in [3.8, 4) is 11.3 Å². The fourth-order valence-corrected chi connectivity index (χ4v) is 2.85. The summed E-state index contributed by atoms with van der Waals surface area (Å²) >= 11 is 0. The van der Waals surface area contributed by atoms with Crippen molar-refractivity contribution in [1.29, 1.82) is 0 Å². The number of rotatable bonds is 2. The van der Waals surface area contributed by atoms with Gasteiger partial charge >= 0.3 is 0 Å². The van der Waals surface area contributed by atoms with Gasteiger partial charge in [0.15, 0.2) is 0 Å². The fourth-order valence-electron chi connectivity index (χ4n) is 2.85. The zero-order valence-electron chi connectivity index (χ0n) is 12.0. The molecule has 1 aliphatic rings. The van der Waals surface area contributed by atoms with Crippen molar-refractivity contribution >= 4 is 16.9 Å². The molecule has 1 aliphatic heterocycles. The van der Waals surface area contributed by atoms with Gasteiger partial charge in [0.25, 0.3) is 0 Å². The Morgan fingerprint density at radius 1 is 1.00 bits per heavy atom. The number of aryl methyl sites for hydroxylation is 1. The molecule has 0 unspecified atom stereocenters. The SMILES string of the molecule is Cn1cnc2cc(-c3ccc(N4CCCC4)nc3)ncc21. The van der Waals surface area contributed by atoms with Crippen LogP contribution in [0.3, 0.4) is 0 Å². The van der Waals surface area contributed by atoms with Crippen LogP contribution in [-0.2, 0) is 7.05 Å². The van der Waals surface area contributed by atoms with Gasteiger partial charge in [-0.15, -0.1) is 0 Å². The third kappa shape index (κ3) is 2.14. The topological polar surface area (TPSA) is 46.8 Å². The van der Waals surface area contributed by atoms with E-state index in [9.17, 15) is 0 Å². The Labute approximate surface area is 123 Å².